The van der Waals surface area contributed by atoms with E-state index in [0.29, 0.717) is 0 Å². The summed E-state index contributed by atoms with van der Waals surface area (Å²) in [5, 5.41) is 12.4. The Balaban J connectivity index is 1.83. The summed E-state index contributed by atoms with van der Waals surface area (Å²) in [4.78, 5) is 4.57. The Morgan fingerprint density at radius 1 is 1.27 bits per heavy atom. The highest BCUT2D eigenvalue weighted by Crippen LogP contribution is 2.14. The molecule has 0 spiro atoms. The second-order valence-corrected chi connectivity index (χ2v) is 5.74. The zero-order chi connectivity index (χ0) is 15.7. The summed E-state index contributed by atoms with van der Waals surface area (Å²) in [6, 6.07) is 6.32. The molecular formula is C16H22N6. The van der Waals surface area contributed by atoms with E-state index in [0.717, 1.165) is 35.8 Å². The van der Waals surface area contributed by atoms with Gasteiger partial charge in [0.1, 0.15) is 5.82 Å². The fraction of sp³-hybridized carbons (Fsp3) is 0.438. The highest BCUT2D eigenvalue weighted by atomic mass is 15.3. The van der Waals surface area contributed by atoms with E-state index in [4.69, 9.17) is 0 Å². The van der Waals surface area contributed by atoms with E-state index < -0.39 is 0 Å². The first-order valence-corrected chi connectivity index (χ1v) is 7.68. The van der Waals surface area contributed by atoms with Crippen molar-refractivity contribution in [2.45, 2.75) is 46.7 Å². The fourth-order valence-corrected chi connectivity index (χ4v) is 2.67. The van der Waals surface area contributed by atoms with Crippen molar-refractivity contribution in [3.63, 3.8) is 0 Å². The third-order valence-corrected chi connectivity index (χ3v) is 3.72. The van der Waals surface area contributed by atoms with Gasteiger partial charge in [0.05, 0.1) is 18.4 Å². The number of fused-ring (bicyclic) bond motifs is 1. The SMILES string of the molecule is CCc1cc(NC(C)Cn2nc(C)cc2C)n2nccc2n1. The van der Waals surface area contributed by atoms with Crippen LogP contribution in [0.15, 0.2) is 24.4 Å². The van der Waals surface area contributed by atoms with Gasteiger partial charge in [0.15, 0.2) is 5.65 Å². The Labute approximate surface area is 130 Å². The van der Waals surface area contributed by atoms with E-state index >= 15 is 0 Å². The van der Waals surface area contributed by atoms with E-state index in [-0.39, 0.29) is 6.04 Å². The van der Waals surface area contributed by atoms with Crippen LogP contribution in [-0.4, -0.2) is 30.4 Å². The summed E-state index contributed by atoms with van der Waals surface area (Å²) < 4.78 is 3.88. The van der Waals surface area contributed by atoms with Crippen LogP contribution in [0, 0.1) is 13.8 Å². The van der Waals surface area contributed by atoms with Crippen molar-refractivity contribution in [3.8, 4) is 0 Å². The summed E-state index contributed by atoms with van der Waals surface area (Å²) in [6.07, 6.45) is 2.68. The van der Waals surface area contributed by atoms with Crippen molar-refractivity contribution in [1.82, 2.24) is 24.4 Å². The summed E-state index contributed by atoms with van der Waals surface area (Å²) in [5.74, 6) is 0.973. The van der Waals surface area contributed by atoms with Crippen molar-refractivity contribution < 1.29 is 0 Å². The Morgan fingerprint density at radius 3 is 2.77 bits per heavy atom. The Bertz CT molecular complexity index is 785. The molecule has 3 rings (SSSR count). The maximum atomic E-state index is 4.57. The van der Waals surface area contributed by atoms with Crippen molar-refractivity contribution in [2.75, 3.05) is 5.32 Å². The summed E-state index contributed by atoms with van der Waals surface area (Å²) in [6.45, 7) is 9.17. The molecule has 0 aliphatic heterocycles. The molecule has 0 saturated carbocycles. The van der Waals surface area contributed by atoms with Crippen LogP contribution < -0.4 is 5.32 Å². The number of hydrogen-bond acceptors (Lipinski definition) is 4. The van der Waals surface area contributed by atoms with E-state index in [2.05, 4.69) is 53.4 Å². The highest BCUT2D eigenvalue weighted by molar-refractivity contribution is 5.49. The van der Waals surface area contributed by atoms with Crippen molar-refractivity contribution in [1.29, 1.82) is 0 Å². The lowest BCUT2D eigenvalue weighted by atomic mass is 10.3. The van der Waals surface area contributed by atoms with Gasteiger partial charge >= 0.3 is 0 Å². The van der Waals surface area contributed by atoms with Gasteiger partial charge in [0.25, 0.3) is 0 Å². The van der Waals surface area contributed by atoms with Crippen LogP contribution in [0.3, 0.4) is 0 Å². The molecule has 116 valence electrons. The second-order valence-electron chi connectivity index (χ2n) is 5.74. The molecule has 0 amide bonds. The molecule has 3 heterocycles. The molecule has 0 bridgehead atoms. The molecule has 0 saturated heterocycles. The summed E-state index contributed by atoms with van der Waals surface area (Å²) >= 11 is 0. The number of nitrogens with zero attached hydrogens (tertiary/aromatic N) is 5. The van der Waals surface area contributed by atoms with Crippen LogP contribution >= 0.6 is 0 Å². The zero-order valence-electron chi connectivity index (χ0n) is 13.5. The van der Waals surface area contributed by atoms with Crippen LogP contribution in [-0.2, 0) is 13.0 Å². The monoisotopic (exact) mass is 298 g/mol. The van der Waals surface area contributed by atoms with Gasteiger partial charge in [-0.25, -0.2) is 4.98 Å². The van der Waals surface area contributed by atoms with Crippen LogP contribution in [0.2, 0.25) is 0 Å². The normalized spacial score (nSPS) is 12.7. The van der Waals surface area contributed by atoms with Crippen molar-refractivity contribution in [2.24, 2.45) is 0 Å². The van der Waals surface area contributed by atoms with Gasteiger partial charge in [-0.05, 0) is 33.3 Å². The smallest absolute Gasteiger partial charge is 0.157 e. The molecule has 3 aromatic rings. The maximum Gasteiger partial charge on any atom is 0.157 e. The minimum atomic E-state index is 0.234. The van der Waals surface area contributed by atoms with E-state index in [1.165, 1.54) is 5.69 Å². The fourth-order valence-electron chi connectivity index (χ4n) is 2.67. The van der Waals surface area contributed by atoms with Crippen LogP contribution in [0.1, 0.15) is 30.9 Å². The molecule has 0 aliphatic rings. The van der Waals surface area contributed by atoms with Gasteiger partial charge in [0.2, 0.25) is 0 Å². The molecule has 3 aromatic heterocycles. The Morgan fingerprint density at radius 2 is 2.09 bits per heavy atom. The molecule has 1 atom stereocenters. The largest absolute Gasteiger partial charge is 0.366 e. The van der Waals surface area contributed by atoms with Crippen molar-refractivity contribution >= 4 is 11.5 Å². The van der Waals surface area contributed by atoms with E-state index in [9.17, 15) is 0 Å². The molecule has 6 nitrogen and oxygen atoms in total. The van der Waals surface area contributed by atoms with Gasteiger partial charge in [0, 0.05) is 29.6 Å². The van der Waals surface area contributed by atoms with E-state index in [1.54, 1.807) is 6.20 Å². The molecule has 1 N–H and O–H groups in total. The first kappa shape index (κ1) is 14.6. The van der Waals surface area contributed by atoms with Crippen molar-refractivity contribution in [3.05, 3.63) is 41.5 Å². The highest BCUT2D eigenvalue weighted by Gasteiger charge is 2.11. The number of hydrogen-bond donors (Lipinski definition) is 1. The van der Waals surface area contributed by atoms with E-state index in [1.807, 2.05) is 22.2 Å². The minimum Gasteiger partial charge on any atom is -0.366 e. The molecule has 0 aromatic carbocycles. The lowest BCUT2D eigenvalue weighted by Gasteiger charge is -2.17. The molecule has 6 heteroatoms. The quantitative estimate of drug-likeness (QED) is 0.786. The molecular weight excluding hydrogens is 276 g/mol. The number of aryl methyl sites for hydroxylation is 3. The summed E-state index contributed by atoms with van der Waals surface area (Å²) in [7, 11) is 0. The van der Waals surface area contributed by atoms with Gasteiger partial charge in [-0.15, -0.1) is 0 Å². The molecule has 0 fully saturated rings. The molecule has 0 radical (unpaired) electrons. The van der Waals surface area contributed by atoms with Gasteiger partial charge in [-0.3, -0.25) is 4.68 Å². The Kier molecular flexibility index (Phi) is 3.83. The standard InChI is InChI=1S/C16H22N6/c1-5-14-9-16(22-15(19-14)6-7-17-22)18-12(3)10-21-13(4)8-11(2)20-21/h6-9,12,18H,5,10H2,1-4H3. The lowest BCUT2D eigenvalue weighted by Crippen LogP contribution is -2.25. The molecule has 0 aliphatic carbocycles. The average molecular weight is 298 g/mol. The first-order chi connectivity index (χ1) is 10.6. The third-order valence-electron chi connectivity index (χ3n) is 3.72. The van der Waals surface area contributed by atoms with Gasteiger partial charge < -0.3 is 5.32 Å². The summed E-state index contributed by atoms with van der Waals surface area (Å²) in [5.41, 5.74) is 4.17. The average Bonchev–Trinajstić information content (AvgIpc) is 3.05. The molecule has 22 heavy (non-hydrogen) atoms. The number of aromatic nitrogens is 5. The minimum absolute atomic E-state index is 0.234. The maximum absolute atomic E-state index is 4.57. The Hall–Kier alpha value is -2.37. The predicted octanol–water partition coefficient (Wildman–Crippen LogP) is 2.61. The first-order valence-electron chi connectivity index (χ1n) is 7.68. The molecule has 1 unspecified atom stereocenters. The lowest BCUT2D eigenvalue weighted by molar-refractivity contribution is 0.543. The topological polar surface area (TPSA) is 60.0 Å². The number of anilines is 1. The zero-order valence-corrected chi connectivity index (χ0v) is 13.5. The van der Waals surface area contributed by atoms with Crippen LogP contribution in [0.4, 0.5) is 5.82 Å². The number of rotatable bonds is 5. The third kappa shape index (κ3) is 2.81. The second kappa shape index (κ2) is 5.79. The van der Waals surface area contributed by atoms with Crippen LogP contribution in [0.5, 0.6) is 0 Å². The number of nitrogens with one attached hydrogen (secondary N) is 1. The van der Waals surface area contributed by atoms with Gasteiger partial charge in [-0.2, -0.15) is 14.7 Å². The predicted molar refractivity (Wildman–Crippen MR) is 87.2 cm³/mol. The van der Waals surface area contributed by atoms with Gasteiger partial charge in [-0.1, -0.05) is 6.92 Å². The van der Waals surface area contributed by atoms with Crippen LogP contribution in [0.25, 0.3) is 5.65 Å².